The second-order valence-electron chi connectivity index (χ2n) is 5.36. The van der Waals surface area contributed by atoms with E-state index in [1.165, 1.54) is 10.9 Å². The van der Waals surface area contributed by atoms with Gasteiger partial charge in [-0.25, -0.2) is 10.1 Å². The van der Waals surface area contributed by atoms with Gasteiger partial charge in [0, 0.05) is 17.5 Å². The minimum absolute atomic E-state index is 0.122. The number of aromatic nitrogens is 2. The lowest BCUT2D eigenvalue weighted by atomic mass is 10.1. The molecule has 3 rings (SSSR count). The lowest BCUT2D eigenvalue weighted by Crippen LogP contribution is -2.28. The standard InChI is InChI=1S/C18H14Cl2N4O2/c1-2-24-18(26)13-8-4-3-7-12(13)16(23-24)17(25)22-21-10-11-6-5-9-14(19)15(11)20/h3-10H,2H2,1H3,(H,22,25)/b21-10+. The normalized spacial score (nSPS) is 11.2. The molecule has 0 saturated carbocycles. The molecule has 0 saturated heterocycles. The fourth-order valence-corrected chi connectivity index (χ4v) is 2.81. The first-order valence-corrected chi connectivity index (χ1v) is 8.55. The first-order valence-electron chi connectivity index (χ1n) is 7.80. The van der Waals surface area contributed by atoms with Gasteiger partial charge in [0.1, 0.15) is 0 Å². The van der Waals surface area contributed by atoms with Crippen LogP contribution in [0.2, 0.25) is 10.0 Å². The van der Waals surface area contributed by atoms with E-state index in [2.05, 4.69) is 15.6 Å². The van der Waals surface area contributed by atoms with Gasteiger partial charge in [0.15, 0.2) is 5.69 Å². The van der Waals surface area contributed by atoms with E-state index in [-0.39, 0.29) is 11.3 Å². The van der Waals surface area contributed by atoms with Crippen LogP contribution in [0.4, 0.5) is 0 Å². The highest BCUT2D eigenvalue weighted by Gasteiger charge is 2.15. The molecule has 26 heavy (non-hydrogen) atoms. The molecule has 132 valence electrons. The van der Waals surface area contributed by atoms with Gasteiger partial charge in [0.05, 0.1) is 21.6 Å². The third kappa shape index (κ3) is 3.47. The average molecular weight is 389 g/mol. The molecule has 0 atom stereocenters. The Kier molecular flexibility index (Phi) is 5.35. The van der Waals surface area contributed by atoms with Crippen molar-refractivity contribution in [2.24, 2.45) is 5.10 Å². The fourth-order valence-electron chi connectivity index (χ4n) is 2.45. The topological polar surface area (TPSA) is 76.3 Å². The number of rotatable bonds is 4. The Balaban J connectivity index is 1.93. The number of fused-ring (bicyclic) bond motifs is 1. The molecule has 0 aliphatic rings. The van der Waals surface area contributed by atoms with Crippen LogP contribution in [0.1, 0.15) is 23.0 Å². The molecular weight excluding hydrogens is 375 g/mol. The molecule has 8 heteroatoms. The number of aryl methyl sites for hydroxylation is 1. The molecule has 0 aliphatic heterocycles. The molecule has 1 heterocycles. The van der Waals surface area contributed by atoms with Gasteiger partial charge in [-0.2, -0.15) is 10.2 Å². The molecule has 0 radical (unpaired) electrons. The number of amides is 1. The number of nitrogens with one attached hydrogen (secondary N) is 1. The van der Waals surface area contributed by atoms with Crippen LogP contribution in [0.5, 0.6) is 0 Å². The molecule has 3 aromatic rings. The molecular formula is C18H14Cl2N4O2. The van der Waals surface area contributed by atoms with Crippen molar-refractivity contribution in [3.8, 4) is 0 Å². The van der Waals surface area contributed by atoms with Crippen molar-refractivity contribution < 1.29 is 4.79 Å². The molecule has 0 aliphatic carbocycles. The van der Waals surface area contributed by atoms with E-state index in [9.17, 15) is 9.59 Å². The molecule has 0 spiro atoms. The number of halogens is 2. The maximum absolute atomic E-state index is 12.5. The summed E-state index contributed by atoms with van der Waals surface area (Å²) >= 11 is 12.0. The van der Waals surface area contributed by atoms with Crippen LogP contribution in [0.15, 0.2) is 52.4 Å². The highest BCUT2D eigenvalue weighted by Crippen LogP contribution is 2.24. The van der Waals surface area contributed by atoms with E-state index < -0.39 is 5.91 Å². The summed E-state index contributed by atoms with van der Waals surface area (Å²) < 4.78 is 1.24. The molecule has 2 aromatic carbocycles. The van der Waals surface area contributed by atoms with E-state index in [0.29, 0.717) is 32.9 Å². The van der Waals surface area contributed by atoms with Crippen molar-refractivity contribution in [3.63, 3.8) is 0 Å². The lowest BCUT2D eigenvalue weighted by Gasteiger charge is -2.08. The number of hydrogen-bond acceptors (Lipinski definition) is 4. The number of benzene rings is 2. The maximum Gasteiger partial charge on any atom is 0.292 e. The second-order valence-corrected chi connectivity index (χ2v) is 6.14. The monoisotopic (exact) mass is 388 g/mol. The predicted molar refractivity (Wildman–Crippen MR) is 103 cm³/mol. The predicted octanol–water partition coefficient (Wildman–Crippen LogP) is 3.49. The third-order valence-electron chi connectivity index (χ3n) is 3.73. The van der Waals surface area contributed by atoms with Crippen molar-refractivity contribution in [1.82, 2.24) is 15.2 Å². The zero-order valence-corrected chi connectivity index (χ0v) is 15.3. The summed E-state index contributed by atoms with van der Waals surface area (Å²) in [7, 11) is 0. The number of nitrogens with zero attached hydrogens (tertiary/aromatic N) is 3. The Hall–Kier alpha value is -2.70. The molecule has 0 unspecified atom stereocenters. The largest absolute Gasteiger partial charge is 0.292 e. The minimum atomic E-state index is -0.530. The van der Waals surface area contributed by atoms with Crippen LogP contribution >= 0.6 is 23.2 Å². The molecule has 1 aromatic heterocycles. The average Bonchev–Trinajstić information content (AvgIpc) is 2.65. The fraction of sp³-hybridized carbons (Fsp3) is 0.111. The van der Waals surface area contributed by atoms with Crippen molar-refractivity contribution in [2.75, 3.05) is 0 Å². The Morgan fingerprint density at radius 1 is 1.19 bits per heavy atom. The zero-order valence-electron chi connectivity index (χ0n) is 13.7. The smallest absolute Gasteiger partial charge is 0.267 e. The summed E-state index contributed by atoms with van der Waals surface area (Å²) in [6.45, 7) is 2.13. The molecule has 0 fully saturated rings. The summed E-state index contributed by atoms with van der Waals surface area (Å²) in [6, 6.07) is 11.9. The highest BCUT2D eigenvalue weighted by molar-refractivity contribution is 6.43. The Morgan fingerprint density at radius 2 is 1.92 bits per heavy atom. The minimum Gasteiger partial charge on any atom is -0.267 e. The van der Waals surface area contributed by atoms with Crippen LogP contribution in [0.3, 0.4) is 0 Å². The number of hydrazone groups is 1. The number of carbonyl (C=O) groups is 1. The summed E-state index contributed by atoms with van der Waals surface area (Å²) in [5.74, 6) is -0.530. The number of carbonyl (C=O) groups excluding carboxylic acids is 1. The summed E-state index contributed by atoms with van der Waals surface area (Å²) in [4.78, 5) is 24.8. The van der Waals surface area contributed by atoms with Gasteiger partial charge in [0.25, 0.3) is 11.5 Å². The summed E-state index contributed by atoms with van der Waals surface area (Å²) in [6.07, 6.45) is 1.39. The Labute approximate surface area is 159 Å². The van der Waals surface area contributed by atoms with Crippen molar-refractivity contribution in [1.29, 1.82) is 0 Å². The van der Waals surface area contributed by atoms with Crippen LogP contribution < -0.4 is 11.0 Å². The molecule has 1 N–H and O–H groups in total. The first-order chi connectivity index (χ1) is 12.5. The summed E-state index contributed by atoms with van der Waals surface area (Å²) in [5, 5.41) is 9.69. The SMILES string of the molecule is CCn1nc(C(=O)N/N=C/c2cccc(Cl)c2Cl)c2ccccc2c1=O. The van der Waals surface area contributed by atoms with Gasteiger partial charge < -0.3 is 0 Å². The van der Waals surface area contributed by atoms with Crippen LogP contribution in [-0.2, 0) is 6.54 Å². The van der Waals surface area contributed by atoms with Crippen LogP contribution in [-0.4, -0.2) is 21.9 Å². The van der Waals surface area contributed by atoms with Gasteiger partial charge in [-0.1, -0.05) is 53.5 Å². The Bertz CT molecular complexity index is 1080. The van der Waals surface area contributed by atoms with Crippen molar-refractivity contribution >= 4 is 46.1 Å². The van der Waals surface area contributed by atoms with E-state index in [1.807, 2.05) is 0 Å². The van der Waals surface area contributed by atoms with E-state index in [0.717, 1.165) is 0 Å². The van der Waals surface area contributed by atoms with Gasteiger partial charge in [-0.3, -0.25) is 9.59 Å². The van der Waals surface area contributed by atoms with E-state index >= 15 is 0 Å². The van der Waals surface area contributed by atoms with Crippen molar-refractivity contribution in [3.05, 3.63) is 74.1 Å². The van der Waals surface area contributed by atoms with E-state index in [1.54, 1.807) is 49.4 Å². The van der Waals surface area contributed by atoms with Crippen LogP contribution in [0, 0.1) is 0 Å². The third-order valence-corrected chi connectivity index (χ3v) is 4.57. The van der Waals surface area contributed by atoms with Gasteiger partial charge in [-0.15, -0.1) is 0 Å². The quantitative estimate of drug-likeness (QED) is 0.548. The van der Waals surface area contributed by atoms with Gasteiger partial charge in [-0.05, 0) is 19.1 Å². The maximum atomic E-state index is 12.5. The Morgan fingerprint density at radius 3 is 2.65 bits per heavy atom. The highest BCUT2D eigenvalue weighted by atomic mass is 35.5. The number of hydrogen-bond donors (Lipinski definition) is 1. The van der Waals surface area contributed by atoms with Gasteiger partial charge >= 0.3 is 0 Å². The van der Waals surface area contributed by atoms with E-state index in [4.69, 9.17) is 23.2 Å². The first kappa shape index (κ1) is 18.1. The lowest BCUT2D eigenvalue weighted by molar-refractivity contribution is 0.0949. The summed E-state index contributed by atoms with van der Waals surface area (Å²) in [5.41, 5.74) is 2.85. The molecule has 1 amide bonds. The molecule has 6 nitrogen and oxygen atoms in total. The second kappa shape index (κ2) is 7.68. The molecule has 0 bridgehead atoms. The van der Waals surface area contributed by atoms with Gasteiger partial charge in [0.2, 0.25) is 0 Å². The van der Waals surface area contributed by atoms with Crippen molar-refractivity contribution in [2.45, 2.75) is 13.5 Å². The van der Waals surface area contributed by atoms with Crippen LogP contribution in [0.25, 0.3) is 10.8 Å². The zero-order chi connectivity index (χ0) is 18.7.